The average Bonchev–Trinajstić information content (AvgIpc) is 3.67. The van der Waals surface area contributed by atoms with Crippen LogP contribution in [0.3, 0.4) is 0 Å². The third-order valence-electron chi connectivity index (χ3n) is 16.7. The summed E-state index contributed by atoms with van der Waals surface area (Å²) in [6.07, 6.45) is 11.7. The number of esters is 1. The standard InChI is InChI=1S/C57H80N4O13/c1-35-17-21-42-25-27-56(6,61-55(69)59(54(68)60(42)61)41-14-10-9-11-15-41)28-26-44-23-19-39(5)57(70,74-44)51(65)52(66)58-29-13-12-16-45(58)53(67)73-47(37(3)32-40-20-24-46(63)48(33-40)71-7)34-43(62)22-18-36(2)31-49(72-8)50(64)38(4)30-35/h9-11,14-15,17-18,21,25,27,35,37-40,42,44-49,63,70H,12-13,16,19-20,22-24,26,28-34H2,1-8H3/b21-17+,36-18+/t35-,37?,38-,39?,40?,42?,44?,45+,46-,47+,48?,49?,56?,57?/m1/s1. The van der Waals surface area contributed by atoms with Gasteiger partial charge in [0.05, 0.1) is 35.6 Å². The molecule has 74 heavy (non-hydrogen) atoms. The van der Waals surface area contributed by atoms with Crippen molar-refractivity contribution in [3.8, 4) is 5.69 Å². The van der Waals surface area contributed by atoms with E-state index in [-0.39, 0.29) is 80.5 Å². The highest BCUT2D eigenvalue weighted by Gasteiger charge is 2.53. The quantitative estimate of drug-likeness (QED) is 0.180. The molecule has 1 aliphatic carbocycles. The molecule has 5 heterocycles. The number of allylic oxidation sites excluding steroid dienone is 5. The molecule has 17 heteroatoms. The Morgan fingerprint density at radius 1 is 0.851 bits per heavy atom. The van der Waals surface area contributed by atoms with Gasteiger partial charge in [-0.15, -0.1) is 0 Å². The van der Waals surface area contributed by atoms with Gasteiger partial charge < -0.3 is 34.1 Å². The lowest BCUT2D eigenvalue weighted by Crippen LogP contribution is -2.60. The fraction of sp³-hybridized carbons (Fsp3) is 0.667. The average molecular weight is 1030 g/mol. The first kappa shape index (κ1) is 56.7. The van der Waals surface area contributed by atoms with Gasteiger partial charge in [0, 0.05) is 51.9 Å². The Balaban J connectivity index is 1.21. The summed E-state index contributed by atoms with van der Waals surface area (Å²) in [6.45, 7) is 11.2. The van der Waals surface area contributed by atoms with E-state index in [4.69, 9.17) is 18.9 Å². The lowest BCUT2D eigenvalue weighted by atomic mass is 9.78. The van der Waals surface area contributed by atoms with Gasteiger partial charge in [-0.05, 0) is 121 Å². The molecule has 1 aromatic carbocycles. The van der Waals surface area contributed by atoms with Crippen molar-refractivity contribution < 1.29 is 53.1 Å². The number of nitrogens with zero attached hydrogens (tertiary/aromatic N) is 4. The number of hydrogen-bond acceptors (Lipinski definition) is 13. The number of para-hydroxylation sites is 1. The van der Waals surface area contributed by atoms with Crippen molar-refractivity contribution in [2.24, 2.45) is 29.6 Å². The normalized spacial score (nSPS) is 36.1. The summed E-state index contributed by atoms with van der Waals surface area (Å²) >= 11 is 0. The summed E-state index contributed by atoms with van der Waals surface area (Å²) in [6, 6.07) is 6.86. The van der Waals surface area contributed by atoms with E-state index in [1.165, 1.54) is 21.4 Å². The molecule has 9 unspecified atom stereocenters. The third kappa shape index (κ3) is 12.4. The molecule has 1 amide bonds. The van der Waals surface area contributed by atoms with E-state index < -0.39 is 88.7 Å². The molecule has 14 atom stereocenters. The second-order valence-electron chi connectivity index (χ2n) is 22.4. The Bertz CT molecular complexity index is 2560. The molecule has 4 aliphatic heterocycles. The molecule has 0 radical (unpaired) electrons. The van der Waals surface area contributed by atoms with Crippen LogP contribution in [0.25, 0.3) is 5.69 Å². The highest BCUT2D eigenvalue weighted by Crippen LogP contribution is 2.39. The number of fused-ring (bicyclic) bond motifs is 8. The number of ether oxygens (including phenoxy) is 4. The Kier molecular flexibility index (Phi) is 18.6. The molecule has 5 aliphatic rings. The number of aliphatic hydroxyl groups is 2. The zero-order valence-corrected chi connectivity index (χ0v) is 44.7. The molecule has 2 N–H and O–H groups in total. The molecule has 4 bridgehead atoms. The van der Waals surface area contributed by atoms with E-state index in [1.807, 2.05) is 58.9 Å². The van der Waals surface area contributed by atoms with Crippen molar-refractivity contribution in [3.63, 3.8) is 0 Å². The summed E-state index contributed by atoms with van der Waals surface area (Å²) in [7, 11) is 3.06. The zero-order chi connectivity index (χ0) is 53.6. The molecular weight excluding hydrogens is 949 g/mol. The van der Waals surface area contributed by atoms with Crippen LogP contribution < -0.4 is 11.4 Å². The summed E-state index contributed by atoms with van der Waals surface area (Å²) in [4.78, 5) is 101. The van der Waals surface area contributed by atoms with Gasteiger partial charge in [-0.25, -0.2) is 28.3 Å². The first-order chi connectivity index (χ1) is 35.2. The largest absolute Gasteiger partial charge is 0.460 e. The number of piperidine rings is 1. The molecule has 1 aromatic heterocycles. The van der Waals surface area contributed by atoms with E-state index in [9.17, 15) is 43.8 Å². The van der Waals surface area contributed by atoms with E-state index in [0.29, 0.717) is 57.1 Å². The number of hydrogen-bond donors (Lipinski definition) is 2. The van der Waals surface area contributed by atoms with Crippen molar-refractivity contribution in [1.82, 2.24) is 18.8 Å². The van der Waals surface area contributed by atoms with Gasteiger partial charge in [-0.3, -0.25) is 19.2 Å². The molecule has 406 valence electrons. The molecule has 17 nitrogen and oxygen atoms in total. The van der Waals surface area contributed by atoms with Crippen LogP contribution in [-0.2, 0) is 48.5 Å². The van der Waals surface area contributed by atoms with E-state index >= 15 is 0 Å². The first-order valence-corrected chi connectivity index (χ1v) is 27.0. The van der Waals surface area contributed by atoms with Crippen LogP contribution in [0, 0.1) is 29.6 Å². The molecule has 7 rings (SSSR count). The topological polar surface area (TPSA) is 215 Å². The molecular formula is C57H80N4O13. The van der Waals surface area contributed by atoms with Crippen LogP contribution in [-0.4, -0.2) is 121 Å². The highest BCUT2D eigenvalue weighted by molar-refractivity contribution is 6.39. The highest BCUT2D eigenvalue weighted by atomic mass is 16.6. The minimum atomic E-state index is -2.52. The predicted molar refractivity (Wildman–Crippen MR) is 276 cm³/mol. The number of rotatable bonds is 6. The first-order valence-electron chi connectivity index (χ1n) is 27.0. The number of amides is 1. The van der Waals surface area contributed by atoms with E-state index in [1.54, 1.807) is 50.4 Å². The number of carbonyl (C=O) groups excluding carboxylic acids is 5. The van der Waals surface area contributed by atoms with Crippen molar-refractivity contribution in [1.29, 1.82) is 0 Å². The lowest BCUT2D eigenvalue weighted by molar-refractivity contribution is -0.264. The van der Waals surface area contributed by atoms with Crippen LogP contribution in [0.2, 0.25) is 0 Å². The second-order valence-corrected chi connectivity index (χ2v) is 22.4. The minimum Gasteiger partial charge on any atom is -0.460 e. The number of aliphatic hydroxyl groups excluding tert-OH is 1. The van der Waals surface area contributed by atoms with E-state index in [2.05, 4.69) is 0 Å². The number of carbonyl (C=O) groups is 5. The molecule has 0 spiro atoms. The smallest absolute Gasteiger partial charge is 0.352 e. The van der Waals surface area contributed by atoms with Gasteiger partial charge >= 0.3 is 17.3 Å². The fourth-order valence-corrected chi connectivity index (χ4v) is 12.0. The maximum absolute atomic E-state index is 14.5. The Hall–Kier alpha value is -5.07. The minimum absolute atomic E-state index is 0.0106. The number of Topliss-reactive ketones (excluding diaryl/α,β-unsaturated/α-hetero) is 3. The Morgan fingerprint density at radius 2 is 1.59 bits per heavy atom. The van der Waals surface area contributed by atoms with Crippen molar-refractivity contribution >= 4 is 29.2 Å². The van der Waals surface area contributed by atoms with E-state index in [0.717, 1.165) is 16.6 Å². The predicted octanol–water partition coefficient (Wildman–Crippen LogP) is 6.48. The van der Waals surface area contributed by atoms with Crippen molar-refractivity contribution in [3.05, 3.63) is 87.3 Å². The summed E-state index contributed by atoms with van der Waals surface area (Å²) in [5.41, 5.74) is -0.995. The van der Waals surface area contributed by atoms with Gasteiger partial charge in [0.15, 0.2) is 5.78 Å². The molecule has 1 saturated carbocycles. The van der Waals surface area contributed by atoms with Gasteiger partial charge in [0.2, 0.25) is 5.79 Å². The third-order valence-corrected chi connectivity index (χ3v) is 16.7. The van der Waals surface area contributed by atoms with Crippen LogP contribution in [0.1, 0.15) is 144 Å². The maximum atomic E-state index is 14.5. The Labute approximate surface area is 434 Å². The molecule has 2 saturated heterocycles. The number of methoxy groups -OCH3 is 2. The summed E-state index contributed by atoms with van der Waals surface area (Å²) in [5, 5.41) is 22.7. The SMILES string of the molecule is COC1C/C(C)=C/CC(=O)C[C@@H](C(C)CC2CC[C@@H](O)C(OC)C2)OC(=O)[C@@H]2CCCCN2C(=O)C(=O)C2(O)OC(CCC2C)CCC2(C)C=CC(/C=C/[C@@H](C)C[C@@H](C)C1=O)n1c(=O)n(-c3ccccc3)c(=O)n12. The van der Waals surface area contributed by atoms with Gasteiger partial charge in [-0.2, -0.15) is 0 Å². The number of ketones is 3. The zero-order valence-electron chi connectivity index (χ0n) is 44.7. The number of benzene rings is 1. The van der Waals surface area contributed by atoms with Crippen LogP contribution in [0.15, 0.2) is 75.9 Å². The Morgan fingerprint density at radius 3 is 2.31 bits per heavy atom. The van der Waals surface area contributed by atoms with Crippen molar-refractivity contribution in [2.45, 2.75) is 192 Å². The van der Waals surface area contributed by atoms with Crippen molar-refractivity contribution in [2.75, 3.05) is 20.8 Å². The molecule has 2 aromatic rings. The van der Waals surface area contributed by atoms with Gasteiger partial charge in [-0.1, -0.05) is 81.8 Å². The summed E-state index contributed by atoms with van der Waals surface area (Å²) in [5.74, 6) is -7.29. The monoisotopic (exact) mass is 1030 g/mol. The van der Waals surface area contributed by atoms with Crippen LogP contribution in [0.4, 0.5) is 0 Å². The fourth-order valence-electron chi connectivity index (χ4n) is 12.0. The van der Waals surface area contributed by atoms with Gasteiger partial charge in [0.25, 0.3) is 11.7 Å². The van der Waals surface area contributed by atoms with Crippen LogP contribution in [0.5, 0.6) is 0 Å². The lowest BCUT2D eigenvalue weighted by Gasteiger charge is -2.43. The van der Waals surface area contributed by atoms with Gasteiger partial charge in [0.1, 0.15) is 24.0 Å². The second kappa shape index (κ2) is 24.3. The number of cyclic esters (lactones) is 1. The maximum Gasteiger partial charge on any atom is 0.352 e. The van der Waals surface area contributed by atoms with Crippen LogP contribution >= 0.6 is 0 Å². The summed E-state index contributed by atoms with van der Waals surface area (Å²) < 4.78 is 27.9. The molecule has 3 fully saturated rings. The number of aromatic nitrogens is 3.